The first-order valence-corrected chi connectivity index (χ1v) is 17.1. The molecule has 3 aliphatic rings. The van der Waals surface area contributed by atoms with E-state index in [1.54, 1.807) is 18.2 Å². The normalized spacial score (nSPS) is 24.9. The highest BCUT2D eigenvalue weighted by molar-refractivity contribution is 7.99. The molecule has 2 saturated carbocycles. The van der Waals surface area contributed by atoms with Gasteiger partial charge in [0.15, 0.2) is 11.0 Å². The molecule has 1 aliphatic heterocycles. The van der Waals surface area contributed by atoms with Crippen molar-refractivity contribution >= 4 is 27.8 Å². The third-order valence-electron chi connectivity index (χ3n) is 8.62. The standard InChI is InChI=1S/C29H42N4O5S2/c1-20(2)25-12-11-21(3)17-26(25)38-27(34)19-39-29-31-30-28(33(29)23-8-4-5-9-23)22-7-6-10-24(18-22)40(35,36)32-13-15-37-16-14-32/h6-7,10,18,20-21,23,25-26H,4-5,8-9,11-17,19H2,1-3H3/t21-,25-,26-/m0/s1. The predicted molar refractivity (Wildman–Crippen MR) is 154 cm³/mol. The molecule has 3 atom stereocenters. The van der Waals surface area contributed by atoms with Crippen LogP contribution in [0.25, 0.3) is 11.4 Å². The average molecular weight is 591 g/mol. The Morgan fingerprint density at radius 2 is 1.88 bits per heavy atom. The molecule has 0 radical (unpaired) electrons. The molecular weight excluding hydrogens is 548 g/mol. The first-order chi connectivity index (χ1) is 19.2. The van der Waals surface area contributed by atoms with E-state index in [0.717, 1.165) is 38.5 Å². The molecule has 1 aromatic carbocycles. The molecule has 2 aliphatic carbocycles. The lowest BCUT2D eigenvalue weighted by Crippen LogP contribution is -2.40. The van der Waals surface area contributed by atoms with E-state index in [4.69, 9.17) is 9.47 Å². The molecule has 9 nitrogen and oxygen atoms in total. The lowest BCUT2D eigenvalue weighted by Gasteiger charge is -2.36. The third-order valence-corrected chi connectivity index (χ3v) is 11.4. The van der Waals surface area contributed by atoms with Gasteiger partial charge in [-0.2, -0.15) is 4.31 Å². The van der Waals surface area contributed by atoms with Crippen LogP contribution in [0, 0.1) is 17.8 Å². The van der Waals surface area contributed by atoms with Gasteiger partial charge in [-0.3, -0.25) is 9.36 Å². The summed E-state index contributed by atoms with van der Waals surface area (Å²) in [5.41, 5.74) is 0.708. The van der Waals surface area contributed by atoms with Gasteiger partial charge in [0.25, 0.3) is 0 Å². The number of esters is 1. The van der Waals surface area contributed by atoms with Crippen LogP contribution >= 0.6 is 11.8 Å². The lowest BCUT2D eigenvalue weighted by atomic mass is 9.75. The molecule has 0 bridgehead atoms. The molecule has 0 amide bonds. The second kappa shape index (κ2) is 12.9. The van der Waals surface area contributed by atoms with Crippen LogP contribution in [0.1, 0.15) is 71.8 Å². The van der Waals surface area contributed by atoms with Crippen LogP contribution in [0.2, 0.25) is 0 Å². The SMILES string of the molecule is CC(C)[C@@H]1CC[C@H](C)C[C@@H]1OC(=O)CSc1nnc(-c2cccc(S(=O)(=O)N3CCOCC3)c2)n1C1CCCC1. The van der Waals surface area contributed by atoms with Gasteiger partial charge in [-0.15, -0.1) is 10.2 Å². The number of carbonyl (C=O) groups is 1. The fourth-order valence-corrected chi connectivity index (χ4v) is 8.61. The monoisotopic (exact) mass is 590 g/mol. The van der Waals surface area contributed by atoms with E-state index in [1.165, 1.54) is 22.5 Å². The van der Waals surface area contributed by atoms with Gasteiger partial charge in [0.05, 0.1) is 23.9 Å². The molecule has 0 spiro atoms. The smallest absolute Gasteiger partial charge is 0.316 e. The number of benzene rings is 1. The van der Waals surface area contributed by atoms with Crippen molar-refractivity contribution in [2.24, 2.45) is 17.8 Å². The molecular formula is C29H42N4O5S2. The fraction of sp³-hybridized carbons (Fsp3) is 0.690. The largest absolute Gasteiger partial charge is 0.461 e. The minimum atomic E-state index is -3.64. The highest BCUT2D eigenvalue weighted by Crippen LogP contribution is 2.38. The molecule has 5 rings (SSSR count). The van der Waals surface area contributed by atoms with E-state index in [2.05, 4.69) is 35.5 Å². The van der Waals surface area contributed by atoms with Gasteiger partial charge in [-0.25, -0.2) is 8.42 Å². The van der Waals surface area contributed by atoms with Crippen molar-refractivity contribution in [3.8, 4) is 11.4 Å². The van der Waals surface area contributed by atoms with Gasteiger partial charge in [0.2, 0.25) is 10.0 Å². The Hall–Kier alpha value is -1.95. The number of ether oxygens (including phenoxy) is 2. The third kappa shape index (κ3) is 6.58. The molecule has 0 N–H and O–H groups in total. The van der Waals surface area contributed by atoms with Crippen LogP contribution in [0.3, 0.4) is 0 Å². The average Bonchev–Trinajstić information content (AvgIpc) is 3.62. The number of aromatic nitrogens is 3. The molecule has 2 aromatic rings. The molecule has 1 aromatic heterocycles. The number of morpholine rings is 1. The van der Waals surface area contributed by atoms with Gasteiger partial charge in [0, 0.05) is 24.7 Å². The molecule has 0 unspecified atom stereocenters. The van der Waals surface area contributed by atoms with Crippen molar-refractivity contribution in [1.82, 2.24) is 19.1 Å². The summed E-state index contributed by atoms with van der Waals surface area (Å²) < 4.78 is 41.6. The number of nitrogens with zero attached hydrogens (tertiary/aromatic N) is 4. The highest BCUT2D eigenvalue weighted by Gasteiger charge is 2.34. The maximum atomic E-state index is 13.3. The molecule has 2 heterocycles. The van der Waals surface area contributed by atoms with Crippen LogP contribution < -0.4 is 0 Å². The first-order valence-electron chi connectivity index (χ1n) is 14.7. The maximum Gasteiger partial charge on any atom is 0.316 e. The van der Waals surface area contributed by atoms with Crippen LogP contribution in [0.15, 0.2) is 34.3 Å². The van der Waals surface area contributed by atoms with Crippen molar-refractivity contribution in [2.45, 2.75) is 87.9 Å². The molecule has 40 heavy (non-hydrogen) atoms. The van der Waals surface area contributed by atoms with Gasteiger partial charge in [-0.1, -0.05) is 63.9 Å². The van der Waals surface area contributed by atoms with Crippen LogP contribution in [-0.2, 0) is 24.3 Å². The van der Waals surface area contributed by atoms with Crippen molar-refractivity contribution in [3.63, 3.8) is 0 Å². The zero-order chi connectivity index (χ0) is 28.3. The van der Waals surface area contributed by atoms with Crippen molar-refractivity contribution < 1.29 is 22.7 Å². The maximum absolute atomic E-state index is 13.3. The Morgan fingerprint density at radius 1 is 1.12 bits per heavy atom. The Labute approximate surface area is 242 Å². The Bertz CT molecular complexity index is 1270. The van der Waals surface area contributed by atoms with Gasteiger partial charge in [-0.05, 0) is 55.6 Å². The van der Waals surface area contributed by atoms with E-state index in [9.17, 15) is 13.2 Å². The molecule has 1 saturated heterocycles. The number of sulfonamides is 1. The minimum Gasteiger partial charge on any atom is -0.461 e. The molecule has 11 heteroatoms. The summed E-state index contributed by atoms with van der Waals surface area (Å²) in [6, 6.07) is 7.18. The summed E-state index contributed by atoms with van der Waals surface area (Å²) in [5.74, 6) is 2.05. The Balaban J connectivity index is 1.35. The Kier molecular flexibility index (Phi) is 9.54. The minimum absolute atomic E-state index is 0.0312. The number of hydrogen-bond acceptors (Lipinski definition) is 8. The quantitative estimate of drug-likeness (QED) is 0.291. The zero-order valence-corrected chi connectivity index (χ0v) is 25.5. The van der Waals surface area contributed by atoms with E-state index in [0.29, 0.717) is 60.6 Å². The summed E-state index contributed by atoms with van der Waals surface area (Å²) >= 11 is 1.36. The predicted octanol–water partition coefficient (Wildman–Crippen LogP) is 5.18. The second-order valence-corrected chi connectivity index (χ2v) is 14.7. The van der Waals surface area contributed by atoms with E-state index >= 15 is 0 Å². The van der Waals surface area contributed by atoms with E-state index in [-0.39, 0.29) is 28.8 Å². The summed E-state index contributed by atoms with van der Waals surface area (Å²) in [4.78, 5) is 13.2. The number of rotatable bonds is 9. The second-order valence-electron chi connectivity index (χ2n) is 11.8. The zero-order valence-electron chi connectivity index (χ0n) is 23.8. The Morgan fingerprint density at radius 3 is 2.60 bits per heavy atom. The summed E-state index contributed by atoms with van der Waals surface area (Å²) in [6.07, 6.45) is 7.43. The lowest BCUT2D eigenvalue weighted by molar-refractivity contribution is -0.152. The number of thioether (sulfide) groups is 1. The summed E-state index contributed by atoms with van der Waals surface area (Å²) in [5, 5.41) is 9.68. The van der Waals surface area contributed by atoms with Gasteiger partial charge in [0.1, 0.15) is 6.10 Å². The van der Waals surface area contributed by atoms with Crippen molar-refractivity contribution in [2.75, 3.05) is 32.1 Å². The van der Waals surface area contributed by atoms with E-state index < -0.39 is 10.0 Å². The highest BCUT2D eigenvalue weighted by atomic mass is 32.2. The van der Waals surface area contributed by atoms with E-state index in [1.807, 2.05) is 6.07 Å². The van der Waals surface area contributed by atoms with Gasteiger partial charge >= 0.3 is 5.97 Å². The van der Waals surface area contributed by atoms with Crippen LogP contribution in [0.5, 0.6) is 0 Å². The fourth-order valence-electron chi connectivity index (χ4n) is 6.37. The molecule has 3 fully saturated rings. The summed E-state index contributed by atoms with van der Waals surface area (Å²) in [6.45, 7) is 8.15. The first kappa shape index (κ1) is 29.5. The van der Waals surface area contributed by atoms with Gasteiger partial charge < -0.3 is 9.47 Å². The molecule has 220 valence electrons. The van der Waals surface area contributed by atoms with Crippen LogP contribution in [-0.4, -0.2) is 71.6 Å². The summed E-state index contributed by atoms with van der Waals surface area (Å²) in [7, 11) is -3.64. The topological polar surface area (TPSA) is 104 Å². The van der Waals surface area contributed by atoms with Crippen LogP contribution in [0.4, 0.5) is 0 Å². The number of carbonyl (C=O) groups excluding carboxylic acids is 1. The van der Waals surface area contributed by atoms with Crippen molar-refractivity contribution in [1.29, 1.82) is 0 Å². The number of hydrogen-bond donors (Lipinski definition) is 0. The van der Waals surface area contributed by atoms with Crippen molar-refractivity contribution in [3.05, 3.63) is 24.3 Å².